The van der Waals surface area contributed by atoms with E-state index in [2.05, 4.69) is 4.18 Å². The molecule has 80 valence electrons. The van der Waals surface area contributed by atoms with Crippen molar-refractivity contribution in [1.82, 2.24) is 0 Å². The van der Waals surface area contributed by atoms with Crippen LogP contribution >= 0.6 is 0 Å². The van der Waals surface area contributed by atoms with Gasteiger partial charge in [0, 0.05) is 0 Å². The van der Waals surface area contributed by atoms with Gasteiger partial charge in [-0.2, -0.15) is 8.42 Å². The molecule has 0 radical (unpaired) electrons. The SMILES string of the molecule is CC(C)OS(=O)(=O)CCS(=O)(=O)[O-]. The van der Waals surface area contributed by atoms with Crippen LogP contribution in [0.25, 0.3) is 0 Å². The van der Waals surface area contributed by atoms with Gasteiger partial charge in [0.2, 0.25) is 0 Å². The lowest BCUT2D eigenvalue weighted by atomic mass is 10.5. The summed E-state index contributed by atoms with van der Waals surface area (Å²) in [6, 6.07) is 0. The molecule has 0 bridgehead atoms. The summed E-state index contributed by atoms with van der Waals surface area (Å²) in [7, 11) is -8.40. The Morgan fingerprint density at radius 2 is 1.62 bits per heavy atom. The van der Waals surface area contributed by atoms with Crippen molar-refractivity contribution in [2.24, 2.45) is 0 Å². The highest BCUT2D eigenvalue weighted by Gasteiger charge is 2.14. The first-order chi connectivity index (χ1) is 5.62. The summed E-state index contributed by atoms with van der Waals surface area (Å²) >= 11 is 0. The minimum absolute atomic E-state index is 0.556. The van der Waals surface area contributed by atoms with Crippen LogP contribution in [-0.4, -0.2) is 39.0 Å². The second kappa shape index (κ2) is 4.36. The zero-order chi connectivity index (χ0) is 10.7. The van der Waals surface area contributed by atoms with Crippen molar-refractivity contribution in [1.29, 1.82) is 0 Å². The van der Waals surface area contributed by atoms with Gasteiger partial charge in [0.15, 0.2) is 0 Å². The Hall–Kier alpha value is -0.180. The predicted octanol–water partition coefficient (Wildman–Crippen LogP) is -0.714. The molecule has 8 heteroatoms. The maximum atomic E-state index is 10.9. The lowest BCUT2D eigenvalue weighted by Crippen LogP contribution is -2.21. The largest absolute Gasteiger partial charge is 0.748 e. The Labute approximate surface area is 77.8 Å². The molecule has 0 N–H and O–H groups in total. The Morgan fingerprint density at radius 1 is 1.15 bits per heavy atom. The van der Waals surface area contributed by atoms with Crippen molar-refractivity contribution in [3.05, 3.63) is 0 Å². The van der Waals surface area contributed by atoms with Crippen molar-refractivity contribution >= 4 is 20.2 Å². The van der Waals surface area contributed by atoms with Crippen molar-refractivity contribution < 1.29 is 25.6 Å². The Kier molecular flexibility index (Phi) is 4.30. The van der Waals surface area contributed by atoms with Crippen LogP contribution in [0.3, 0.4) is 0 Å². The van der Waals surface area contributed by atoms with Crippen LogP contribution in [0.4, 0.5) is 0 Å². The van der Waals surface area contributed by atoms with Gasteiger partial charge in [-0.05, 0) is 13.8 Å². The summed E-state index contributed by atoms with van der Waals surface area (Å²) in [6.45, 7) is 2.98. The lowest BCUT2D eigenvalue weighted by molar-refractivity contribution is 0.249. The van der Waals surface area contributed by atoms with Crippen LogP contribution in [0.5, 0.6) is 0 Å². The van der Waals surface area contributed by atoms with Gasteiger partial charge >= 0.3 is 0 Å². The number of rotatable bonds is 5. The Morgan fingerprint density at radius 3 is 1.92 bits per heavy atom. The molecule has 0 aliphatic rings. The van der Waals surface area contributed by atoms with E-state index >= 15 is 0 Å². The Bertz CT molecular complexity index is 337. The first-order valence-corrected chi connectivity index (χ1v) is 6.62. The molecule has 0 aliphatic carbocycles. The average molecular weight is 231 g/mol. The van der Waals surface area contributed by atoms with E-state index in [-0.39, 0.29) is 0 Å². The van der Waals surface area contributed by atoms with E-state index in [0.717, 1.165) is 0 Å². The maximum Gasteiger partial charge on any atom is 0.268 e. The molecule has 13 heavy (non-hydrogen) atoms. The average Bonchev–Trinajstić information content (AvgIpc) is 1.79. The zero-order valence-electron chi connectivity index (χ0n) is 7.26. The molecule has 0 amide bonds. The molecular formula is C5H11O6S2-. The third-order valence-corrected chi connectivity index (χ3v) is 3.27. The summed E-state index contributed by atoms with van der Waals surface area (Å²) in [5, 5.41) is 0. The highest BCUT2D eigenvalue weighted by Crippen LogP contribution is 2.00. The summed E-state index contributed by atoms with van der Waals surface area (Å²) < 4.78 is 56.4. The molecule has 6 nitrogen and oxygen atoms in total. The first-order valence-electron chi connectivity index (χ1n) is 3.47. The Balaban J connectivity index is 4.22. The van der Waals surface area contributed by atoms with Crippen molar-refractivity contribution in [2.45, 2.75) is 20.0 Å². The van der Waals surface area contributed by atoms with E-state index in [4.69, 9.17) is 0 Å². The smallest absolute Gasteiger partial charge is 0.268 e. The van der Waals surface area contributed by atoms with Gasteiger partial charge in [0.1, 0.15) is 0 Å². The van der Waals surface area contributed by atoms with Crippen LogP contribution in [0.15, 0.2) is 0 Å². The summed E-state index contributed by atoms with van der Waals surface area (Å²) in [5.41, 5.74) is 0. The van der Waals surface area contributed by atoms with Gasteiger partial charge in [-0.25, -0.2) is 8.42 Å². The molecule has 0 fully saturated rings. The fraction of sp³-hybridized carbons (Fsp3) is 1.00. The third kappa shape index (κ3) is 8.16. The predicted molar refractivity (Wildman–Crippen MR) is 44.6 cm³/mol. The maximum absolute atomic E-state index is 10.9. The molecular weight excluding hydrogens is 220 g/mol. The minimum atomic E-state index is -4.50. The standard InChI is InChI=1S/C5H12O6S2/c1-5(2)11-13(9,10)4-3-12(6,7)8/h5H,3-4H2,1-2H3,(H,6,7,8)/p-1. The van der Waals surface area contributed by atoms with Gasteiger partial charge in [-0.15, -0.1) is 0 Å². The molecule has 0 aromatic carbocycles. The van der Waals surface area contributed by atoms with Gasteiger partial charge < -0.3 is 4.55 Å². The third-order valence-electron chi connectivity index (χ3n) is 0.922. The normalized spacial score (nSPS) is 13.5. The van der Waals surface area contributed by atoms with Crippen LogP contribution in [0.2, 0.25) is 0 Å². The molecule has 0 spiro atoms. The van der Waals surface area contributed by atoms with Crippen LogP contribution in [0, 0.1) is 0 Å². The molecule has 0 aromatic heterocycles. The molecule has 0 heterocycles. The van der Waals surface area contributed by atoms with E-state index in [1.54, 1.807) is 0 Å². The molecule has 0 unspecified atom stereocenters. The molecule has 0 saturated carbocycles. The van der Waals surface area contributed by atoms with Crippen LogP contribution in [0.1, 0.15) is 13.8 Å². The van der Waals surface area contributed by atoms with Crippen molar-refractivity contribution in [2.75, 3.05) is 11.5 Å². The van der Waals surface area contributed by atoms with Gasteiger partial charge in [0.05, 0.1) is 27.7 Å². The fourth-order valence-electron chi connectivity index (χ4n) is 0.545. The minimum Gasteiger partial charge on any atom is -0.748 e. The first kappa shape index (κ1) is 12.8. The van der Waals surface area contributed by atoms with Gasteiger partial charge in [-0.1, -0.05) is 0 Å². The highest BCUT2D eigenvalue weighted by molar-refractivity contribution is 7.90. The second-order valence-corrected chi connectivity index (χ2v) is 5.91. The quantitative estimate of drug-likeness (QED) is 0.457. The number of hydrogen-bond acceptors (Lipinski definition) is 6. The van der Waals surface area contributed by atoms with E-state index in [0.29, 0.717) is 0 Å². The number of hydrogen-bond donors (Lipinski definition) is 0. The fourth-order valence-corrected chi connectivity index (χ4v) is 2.86. The monoisotopic (exact) mass is 231 g/mol. The summed E-state index contributed by atoms with van der Waals surface area (Å²) in [5.74, 6) is -1.75. The highest BCUT2D eigenvalue weighted by atomic mass is 32.2. The molecule has 0 aliphatic heterocycles. The lowest BCUT2D eigenvalue weighted by Gasteiger charge is -2.09. The molecule has 0 atom stereocenters. The van der Waals surface area contributed by atoms with Gasteiger partial charge in [0.25, 0.3) is 10.1 Å². The van der Waals surface area contributed by atoms with E-state index in [1.807, 2.05) is 0 Å². The van der Waals surface area contributed by atoms with Crippen molar-refractivity contribution in [3.8, 4) is 0 Å². The van der Waals surface area contributed by atoms with E-state index < -0.39 is 37.8 Å². The van der Waals surface area contributed by atoms with Crippen LogP contribution < -0.4 is 0 Å². The zero-order valence-corrected chi connectivity index (χ0v) is 8.89. The van der Waals surface area contributed by atoms with E-state index in [9.17, 15) is 21.4 Å². The molecule has 0 aromatic rings. The van der Waals surface area contributed by atoms with Crippen LogP contribution in [-0.2, 0) is 24.4 Å². The van der Waals surface area contributed by atoms with E-state index in [1.165, 1.54) is 13.8 Å². The summed E-state index contributed by atoms with van der Waals surface area (Å²) in [4.78, 5) is 0. The second-order valence-electron chi connectivity index (χ2n) is 2.67. The molecule has 0 rings (SSSR count). The molecule has 0 saturated heterocycles. The topological polar surface area (TPSA) is 101 Å². The van der Waals surface area contributed by atoms with Gasteiger partial charge in [-0.3, -0.25) is 4.18 Å². The summed E-state index contributed by atoms with van der Waals surface area (Å²) in [6.07, 6.45) is -0.556. The van der Waals surface area contributed by atoms with Crippen molar-refractivity contribution in [3.63, 3.8) is 0 Å².